The van der Waals surface area contributed by atoms with Gasteiger partial charge in [-0.25, -0.2) is 4.79 Å². The van der Waals surface area contributed by atoms with E-state index in [-0.39, 0.29) is 11.8 Å². The highest BCUT2D eigenvalue weighted by Crippen LogP contribution is 2.22. The fourth-order valence-corrected chi connectivity index (χ4v) is 2.23. The Kier molecular flexibility index (Phi) is 5.86. The Morgan fingerprint density at radius 2 is 1.46 bits per heavy atom. The number of carbonyl (C=O) groups excluding carboxylic acids is 2. The van der Waals surface area contributed by atoms with Crippen molar-refractivity contribution in [3.8, 4) is 5.75 Å². The van der Waals surface area contributed by atoms with Crippen LogP contribution >= 0.6 is 23.2 Å². The van der Waals surface area contributed by atoms with Gasteiger partial charge >= 0.3 is 5.97 Å². The Bertz CT molecular complexity index is 722. The minimum Gasteiger partial charge on any atom is -0.476 e. The molecule has 2 rings (SSSR count). The molecule has 24 heavy (non-hydrogen) atoms. The van der Waals surface area contributed by atoms with Crippen molar-refractivity contribution in [3.05, 3.63) is 64.7 Å². The van der Waals surface area contributed by atoms with Crippen LogP contribution in [-0.2, 0) is 9.53 Å². The minimum atomic E-state index is -1.18. The van der Waals surface area contributed by atoms with Gasteiger partial charge in [-0.15, -0.1) is 0 Å². The lowest BCUT2D eigenvalue weighted by Crippen LogP contribution is -2.39. The van der Waals surface area contributed by atoms with E-state index in [4.69, 9.17) is 32.7 Å². The van der Waals surface area contributed by atoms with Gasteiger partial charge in [0.05, 0.1) is 0 Å². The van der Waals surface area contributed by atoms with Crippen molar-refractivity contribution >= 4 is 35.0 Å². The predicted octanol–water partition coefficient (Wildman–Crippen LogP) is 4.47. The molecule has 0 spiro atoms. The van der Waals surface area contributed by atoms with Crippen molar-refractivity contribution in [1.29, 1.82) is 0 Å². The molecule has 0 aromatic heterocycles. The summed E-state index contributed by atoms with van der Waals surface area (Å²) in [5, 5.41) is 0.571. The van der Waals surface area contributed by atoms with Gasteiger partial charge in [0, 0.05) is 16.1 Å². The first-order chi connectivity index (χ1) is 11.3. The number of ether oxygens (including phenoxy) is 2. The standard InChI is InChI=1S/C18H16Cl2O4/c1-18(2,17(22)23-11-19)24-15-9-5-13(6-10-15)16(21)12-3-7-14(20)8-4-12/h3-10H,11H2,1-2H3. The summed E-state index contributed by atoms with van der Waals surface area (Å²) in [4.78, 5) is 24.1. The van der Waals surface area contributed by atoms with Crippen molar-refractivity contribution < 1.29 is 19.1 Å². The van der Waals surface area contributed by atoms with Crippen LogP contribution in [0.3, 0.4) is 0 Å². The highest BCUT2D eigenvalue weighted by molar-refractivity contribution is 6.30. The third-order valence-corrected chi connectivity index (χ3v) is 3.63. The van der Waals surface area contributed by atoms with Crippen molar-refractivity contribution in [1.82, 2.24) is 0 Å². The molecule has 0 N–H and O–H groups in total. The average molecular weight is 367 g/mol. The van der Waals surface area contributed by atoms with E-state index in [9.17, 15) is 9.59 Å². The van der Waals surface area contributed by atoms with E-state index in [2.05, 4.69) is 0 Å². The van der Waals surface area contributed by atoms with Crippen LogP contribution in [0.4, 0.5) is 0 Å². The zero-order chi connectivity index (χ0) is 17.7. The quantitative estimate of drug-likeness (QED) is 0.430. The first-order valence-corrected chi connectivity index (χ1v) is 8.07. The number of alkyl halides is 1. The van der Waals surface area contributed by atoms with Gasteiger partial charge in [0.2, 0.25) is 0 Å². The Morgan fingerprint density at radius 3 is 1.96 bits per heavy atom. The van der Waals surface area contributed by atoms with Crippen molar-refractivity contribution in [2.75, 3.05) is 6.07 Å². The van der Waals surface area contributed by atoms with E-state index >= 15 is 0 Å². The van der Waals surface area contributed by atoms with Crippen LogP contribution in [0, 0.1) is 0 Å². The summed E-state index contributed by atoms with van der Waals surface area (Å²) in [6.45, 7) is 3.16. The zero-order valence-corrected chi connectivity index (χ0v) is 14.7. The summed E-state index contributed by atoms with van der Waals surface area (Å²) in [6, 6.07) is 12.9. The summed E-state index contributed by atoms with van der Waals surface area (Å²) in [5.41, 5.74) is -0.138. The summed E-state index contributed by atoms with van der Waals surface area (Å²) in [7, 11) is 0. The molecule has 4 nitrogen and oxygen atoms in total. The fraction of sp³-hybridized carbons (Fsp3) is 0.222. The molecule has 0 atom stereocenters. The summed E-state index contributed by atoms with van der Waals surface area (Å²) >= 11 is 11.2. The molecular weight excluding hydrogens is 351 g/mol. The predicted molar refractivity (Wildman–Crippen MR) is 92.8 cm³/mol. The maximum Gasteiger partial charge on any atom is 0.351 e. The second-order valence-corrected chi connectivity index (χ2v) is 6.17. The number of esters is 1. The number of carbonyl (C=O) groups is 2. The lowest BCUT2D eigenvalue weighted by molar-refractivity contribution is -0.157. The first kappa shape index (κ1) is 18.3. The SMILES string of the molecule is CC(C)(Oc1ccc(C(=O)c2ccc(Cl)cc2)cc1)C(=O)OCCl. The van der Waals surface area contributed by atoms with Crippen LogP contribution < -0.4 is 4.74 Å². The van der Waals surface area contributed by atoms with Gasteiger partial charge in [-0.2, -0.15) is 0 Å². The van der Waals surface area contributed by atoms with Crippen LogP contribution in [0.15, 0.2) is 48.5 Å². The third kappa shape index (κ3) is 4.49. The molecule has 2 aromatic carbocycles. The molecule has 0 radical (unpaired) electrons. The number of ketones is 1. The number of hydrogen-bond donors (Lipinski definition) is 0. The van der Waals surface area contributed by atoms with Crippen LogP contribution in [0.1, 0.15) is 29.8 Å². The number of benzene rings is 2. The van der Waals surface area contributed by atoms with Crippen LogP contribution in [0.5, 0.6) is 5.75 Å². The molecule has 0 aliphatic rings. The Morgan fingerprint density at radius 1 is 0.958 bits per heavy atom. The molecular formula is C18H16Cl2O4. The van der Waals surface area contributed by atoms with E-state index in [0.717, 1.165) is 0 Å². The Hall–Kier alpha value is -2.04. The molecule has 2 aromatic rings. The zero-order valence-electron chi connectivity index (χ0n) is 13.2. The van der Waals surface area contributed by atoms with Gasteiger partial charge in [-0.05, 0) is 62.4 Å². The number of rotatable bonds is 6. The molecule has 0 unspecified atom stereocenters. The lowest BCUT2D eigenvalue weighted by atomic mass is 10.0. The van der Waals surface area contributed by atoms with Crippen molar-refractivity contribution in [2.24, 2.45) is 0 Å². The fourth-order valence-electron chi connectivity index (χ4n) is 2.00. The molecule has 0 saturated heterocycles. The van der Waals surface area contributed by atoms with E-state index in [1.54, 1.807) is 62.4 Å². The highest BCUT2D eigenvalue weighted by atomic mass is 35.5. The molecule has 126 valence electrons. The second kappa shape index (κ2) is 7.69. The van der Waals surface area contributed by atoms with Crippen LogP contribution in [0.25, 0.3) is 0 Å². The van der Waals surface area contributed by atoms with Gasteiger partial charge in [0.25, 0.3) is 0 Å². The second-order valence-electron chi connectivity index (χ2n) is 5.51. The average Bonchev–Trinajstić information content (AvgIpc) is 2.55. The highest BCUT2D eigenvalue weighted by Gasteiger charge is 2.31. The number of hydrogen-bond acceptors (Lipinski definition) is 4. The Balaban J connectivity index is 2.11. The molecule has 6 heteroatoms. The summed E-state index contributed by atoms with van der Waals surface area (Å²) in [5.74, 6) is -0.253. The maximum atomic E-state index is 12.4. The number of halogens is 2. The van der Waals surface area contributed by atoms with E-state index in [1.807, 2.05) is 0 Å². The molecule has 0 amide bonds. The van der Waals surface area contributed by atoms with Gasteiger partial charge in [-0.3, -0.25) is 4.79 Å². The Labute approximate surface area is 150 Å². The maximum absolute atomic E-state index is 12.4. The van der Waals surface area contributed by atoms with Crippen molar-refractivity contribution in [2.45, 2.75) is 19.4 Å². The van der Waals surface area contributed by atoms with Gasteiger partial charge < -0.3 is 9.47 Å². The minimum absolute atomic E-state index is 0.126. The van der Waals surface area contributed by atoms with Gasteiger partial charge in [-0.1, -0.05) is 23.2 Å². The van der Waals surface area contributed by atoms with E-state index < -0.39 is 11.6 Å². The monoisotopic (exact) mass is 366 g/mol. The van der Waals surface area contributed by atoms with E-state index in [0.29, 0.717) is 21.9 Å². The van der Waals surface area contributed by atoms with Crippen LogP contribution in [-0.4, -0.2) is 23.4 Å². The van der Waals surface area contributed by atoms with Gasteiger partial charge in [0.1, 0.15) is 5.75 Å². The first-order valence-electron chi connectivity index (χ1n) is 7.16. The van der Waals surface area contributed by atoms with Gasteiger partial charge in [0.15, 0.2) is 17.5 Å². The van der Waals surface area contributed by atoms with E-state index in [1.165, 1.54) is 0 Å². The molecule has 0 bridgehead atoms. The summed E-state index contributed by atoms with van der Waals surface area (Å²) < 4.78 is 10.4. The molecule has 0 aliphatic carbocycles. The largest absolute Gasteiger partial charge is 0.476 e. The summed E-state index contributed by atoms with van der Waals surface area (Å²) in [6.07, 6.45) is 0. The molecule has 0 fully saturated rings. The molecule has 0 saturated carbocycles. The van der Waals surface area contributed by atoms with Crippen molar-refractivity contribution in [3.63, 3.8) is 0 Å². The normalized spacial score (nSPS) is 11.0. The molecule has 0 heterocycles. The topological polar surface area (TPSA) is 52.6 Å². The van der Waals surface area contributed by atoms with Crippen LogP contribution in [0.2, 0.25) is 5.02 Å². The lowest BCUT2D eigenvalue weighted by Gasteiger charge is -2.23. The smallest absolute Gasteiger partial charge is 0.351 e. The third-order valence-electron chi connectivity index (χ3n) is 3.27. The molecule has 0 aliphatic heterocycles.